The third kappa shape index (κ3) is 5.43. The fourth-order valence-corrected chi connectivity index (χ4v) is 3.32. The molecule has 0 saturated heterocycles. The highest BCUT2D eigenvalue weighted by atomic mass is 16.6. The minimum atomic E-state index is -0.916. The van der Waals surface area contributed by atoms with Gasteiger partial charge in [0.15, 0.2) is 0 Å². The van der Waals surface area contributed by atoms with Crippen molar-refractivity contribution >= 4 is 11.9 Å². The van der Waals surface area contributed by atoms with Crippen molar-refractivity contribution in [1.82, 2.24) is 0 Å². The van der Waals surface area contributed by atoms with Gasteiger partial charge in [-0.25, -0.2) is 9.59 Å². The summed E-state index contributed by atoms with van der Waals surface area (Å²) in [6, 6.07) is 17.7. The Bertz CT molecular complexity index is 739. The molecule has 2 aromatic carbocycles. The van der Waals surface area contributed by atoms with Crippen molar-refractivity contribution in [1.29, 1.82) is 0 Å². The lowest BCUT2D eigenvalue weighted by Gasteiger charge is -2.38. The summed E-state index contributed by atoms with van der Waals surface area (Å²) in [5.74, 6) is -0.835. The summed E-state index contributed by atoms with van der Waals surface area (Å²) in [6.07, 6.45) is 0.832. The lowest BCUT2D eigenvalue weighted by molar-refractivity contribution is -0.107. The number of carbonyl (C=O) groups excluding carboxylic acids is 2. The second-order valence-electron chi connectivity index (χ2n) is 7.25. The molecule has 2 aromatic rings. The molecule has 0 radical (unpaired) electrons. The van der Waals surface area contributed by atoms with E-state index in [1.165, 1.54) is 0 Å². The highest BCUT2D eigenvalue weighted by molar-refractivity contribution is 5.90. The van der Waals surface area contributed by atoms with Gasteiger partial charge in [0, 0.05) is 0 Å². The lowest BCUT2D eigenvalue weighted by Crippen LogP contribution is -2.49. The first-order valence-electron chi connectivity index (χ1n) is 9.42. The van der Waals surface area contributed by atoms with E-state index in [9.17, 15) is 9.59 Å². The molecule has 0 bridgehead atoms. The van der Waals surface area contributed by atoms with E-state index in [4.69, 9.17) is 9.47 Å². The molecule has 0 spiro atoms. The maximum absolute atomic E-state index is 12.7. The summed E-state index contributed by atoms with van der Waals surface area (Å²) in [4.78, 5) is 25.3. The Balaban J connectivity index is 2.25. The van der Waals surface area contributed by atoms with E-state index in [0.29, 0.717) is 17.5 Å². The molecule has 27 heavy (non-hydrogen) atoms. The van der Waals surface area contributed by atoms with E-state index in [0.717, 1.165) is 6.42 Å². The molecule has 0 aliphatic rings. The molecule has 0 aromatic heterocycles. The van der Waals surface area contributed by atoms with Gasteiger partial charge < -0.3 is 9.47 Å². The van der Waals surface area contributed by atoms with Crippen LogP contribution in [-0.2, 0) is 9.47 Å². The maximum atomic E-state index is 12.7. The Morgan fingerprint density at radius 2 is 1.37 bits per heavy atom. The first kappa shape index (κ1) is 20.7. The largest absolute Gasteiger partial charge is 0.454 e. The molecule has 4 nitrogen and oxygen atoms in total. The van der Waals surface area contributed by atoms with E-state index in [1.807, 2.05) is 39.8 Å². The average Bonchev–Trinajstić information content (AvgIpc) is 2.67. The first-order chi connectivity index (χ1) is 12.9. The second-order valence-corrected chi connectivity index (χ2v) is 7.25. The molecule has 144 valence electrons. The van der Waals surface area contributed by atoms with Gasteiger partial charge in [0.1, 0.15) is 11.7 Å². The Morgan fingerprint density at radius 3 is 1.81 bits per heavy atom. The highest BCUT2D eigenvalue weighted by Crippen LogP contribution is 2.31. The van der Waals surface area contributed by atoms with Crippen molar-refractivity contribution in [2.24, 2.45) is 5.92 Å². The van der Waals surface area contributed by atoms with Gasteiger partial charge in [-0.15, -0.1) is 0 Å². The Morgan fingerprint density at radius 1 is 0.889 bits per heavy atom. The molecule has 0 N–H and O–H groups in total. The van der Waals surface area contributed by atoms with Crippen molar-refractivity contribution in [2.75, 3.05) is 0 Å². The fourth-order valence-electron chi connectivity index (χ4n) is 3.32. The molecule has 2 atom stereocenters. The van der Waals surface area contributed by atoms with Gasteiger partial charge in [-0.05, 0) is 43.5 Å². The molecule has 0 saturated carbocycles. The Hall–Kier alpha value is -2.62. The average molecular weight is 368 g/mol. The predicted octanol–water partition coefficient (Wildman–Crippen LogP) is 5.28. The van der Waals surface area contributed by atoms with Gasteiger partial charge in [-0.1, -0.05) is 63.6 Å². The van der Waals surface area contributed by atoms with Crippen LogP contribution in [0.1, 0.15) is 61.3 Å². The summed E-state index contributed by atoms with van der Waals surface area (Å²) >= 11 is 0. The van der Waals surface area contributed by atoms with E-state index in [1.54, 1.807) is 48.5 Å². The molecule has 2 unspecified atom stereocenters. The van der Waals surface area contributed by atoms with Crippen LogP contribution in [0.15, 0.2) is 60.7 Å². The van der Waals surface area contributed by atoms with Gasteiger partial charge >= 0.3 is 11.9 Å². The molecular formula is C23H28O4. The third-order valence-corrected chi connectivity index (χ3v) is 4.53. The molecule has 0 aliphatic heterocycles. The normalized spacial score (nSPS) is 14.3. The van der Waals surface area contributed by atoms with Crippen LogP contribution in [0.2, 0.25) is 0 Å². The van der Waals surface area contributed by atoms with Gasteiger partial charge in [0.25, 0.3) is 0 Å². The molecule has 2 rings (SSSR count). The molecule has 0 aliphatic carbocycles. The summed E-state index contributed by atoms with van der Waals surface area (Å²) in [7, 11) is 0. The smallest absolute Gasteiger partial charge is 0.338 e. The fraction of sp³-hybridized carbons (Fsp3) is 0.391. The van der Waals surface area contributed by atoms with Crippen LogP contribution < -0.4 is 0 Å². The number of ether oxygens (including phenoxy) is 2. The van der Waals surface area contributed by atoms with E-state index >= 15 is 0 Å². The summed E-state index contributed by atoms with van der Waals surface area (Å²) in [5.41, 5.74) is 0.0495. The van der Waals surface area contributed by atoms with Crippen molar-refractivity contribution in [3.05, 3.63) is 71.8 Å². The van der Waals surface area contributed by atoms with Gasteiger partial charge in [-0.3, -0.25) is 0 Å². The summed E-state index contributed by atoms with van der Waals surface area (Å²) < 4.78 is 11.7. The standard InChI is InChI=1S/C23H28O4/c1-5-16-23(4,27-22(25)19-14-10-7-11-15-19)20(17(2)3)26-21(24)18-12-8-6-9-13-18/h6-15,17,20H,5,16H2,1-4H3. The van der Waals surface area contributed by atoms with E-state index < -0.39 is 23.6 Å². The van der Waals surface area contributed by atoms with Crippen molar-refractivity contribution < 1.29 is 19.1 Å². The number of rotatable bonds is 8. The summed E-state index contributed by atoms with van der Waals surface area (Å²) in [6.45, 7) is 7.80. The highest BCUT2D eigenvalue weighted by Gasteiger charge is 2.42. The van der Waals surface area contributed by atoms with Crippen LogP contribution in [0.25, 0.3) is 0 Å². The van der Waals surface area contributed by atoms with Gasteiger partial charge in [-0.2, -0.15) is 0 Å². The zero-order valence-corrected chi connectivity index (χ0v) is 16.5. The molecule has 4 heteroatoms. The van der Waals surface area contributed by atoms with Crippen LogP contribution in [-0.4, -0.2) is 23.6 Å². The minimum Gasteiger partial charge on any atom is -0.454 e. The van der Waals surface area contributed by atoms with Crippen molar-refractivity contribution in [3.8, 4) is 0 Å². The van der Waals surface area contributed by atoms with E-state index in [-0.39, 0.29) is 5.92 Å². The molecular weight excluding hydrogens is 340 g/mol. The van der Waals surface area contributed by atoms with Crippen LogP contribution in [0.4, 0.5) is 0 Å². The number of hydrogen-bond donors (Lipinski definition) is 0. The van der Waals surface area contributed by atoms with Crippen LogP contribution in [0.3, 0.4) is 0 Å². The first-order valence-corrected chi connectivity index (χ1v) is 9.42. The maximum Gasteiger partial charge on any atom is 0.338 e. The number of carbonyl (C=O) groups is 2. The second kappa shape index (κ2) is 9.36. The van der Waals surface area contributed by atoms with Crippen molar-refractivity contribution in [2.45, 2.75) is 52.2 Å². The summed E-state index contributed by atoms with van der Waals surface area (Å²) in [5, 5.41) is 0. The molecule has 0 amide bonds. The van der Waals surface area contributed by atoms with Crippen LogP contribution >= 0.6 is 0 Å². The molecule has 0 heterocycles. The topological polar surface area (TPSA) is 52.6 Å². The van der Waals surface area contributed by atoms with Gasteiger partial charge in [0.05, 0.1) is 11.1 Å². The van der Waals surface area contributed by atoms with E-state index in [2.05, 4.69) is 0 Å². The number of esters is 2. The molecule has 0 fully saturated rings. The SMILES string of the molecule is CCCC(C)(OC(=O)c1ccccc1)C(OC(=O)c1ccccc1)C(C)C. The van der Waals surface area contributed by atoms with Crippen molar-refractivity contribution in [3.63, 3.8) is 0 Å². The Labute approximate surface area is 161 Å². The quantitative estimate of drug-likeness (QED) is 0.595. The number of hydrogen-bond acceptors (Lipinski definition) is 4. The van der Waals surface area contributed by atoms with Crippen LogP contribution in [0, 0.1) is 5.92 Å². The minimum absolute atomic E-state index is 0.0159. The third-order valence-electron chi connectivity index (χ3n) is 4.53. The predicted molar refractivity (Wildman–Crippen MR) is 106 cm³/mol. The monoisotopic (exact) mass is 368 g/mol. The zero-order valence-electron chi connectivity index (χ0n) is 16.5. The number of benzene rings is 2. The van der Waals surface area contributed by atoms with Crippen LogP contribution in [0.5, 0.6) is 0 Å². The zero-order chi connectivity index (χ0) is 19.9. The Kier molecular flexibility index (Phi) is 7.17. The van der Waals surface area contributed by atoms with Gasteiger partial charge in [0.2, 0.25) is 0 Å². The lowest BCUT2D eigenvalue weighted by atomic mass is 9.86.